The number of ketones is 1. The van der Waals surface area contributed by atoms with Gasteiger partial charge in [-0.25, -0.2) is 0 Å². The van der Waals surface area contributed by atoms with Crippen molar-refractivity contribution in [2.45, 2.75) is 52.0 Å². The number of nitrogens with one attached hydrogen (secondary N) is 1. The number of Topliss-reactive ketones (excluding diaryl/α,β-unsaturated/α-hetero) is 1. The van der Waals surface area contributed by atoms with Crippen molar-refractivity contribution in [1.29, 1.82) is 0 Å². The molecule has 1 aliphatic carbocycles. The second kappa shape index (κ2) is 4.11. The van der Waals surface area contributed by atoms with Crippen LogP contribution >= 0.6 is 0 Å². The number of rotatable bonds is 3. The molecule has 0 aromatic rings. The fraction of sp³-hybridized carbons (Fsp3) is 0.818. The van der Waals surface area contributed by atoms with Crippen molar-refractivity contribution in [3.05, 3.63) is 0 Å². The first-order valence-corrected chi connectivity index (χ1v) is 5.24. The Bertz CT molecular complexity index is 248. The summed E-state index contributed by atoms with van der Waals surface area (Å²) in [5.41, 5.74) is -0.239. The molecule has 1 rings (SSSR count). The molecule has 0 saturated heterocycles. The molecule has 1 fully saturated rings. The van der Waals surface area contributed by atoms with Gasteiger partial charge < -0.3 is 5.32 Å². The minimum absolute atomic E-state index is 0.0275. The molecule has 1 amide bonds. The molecule has 3 heteroatoms. The van der Waals surface area contributed by atoms with Gasteiger partial charge in [0.15, 0.2) is 0 Å². The van der Waals surface area contributed by atoms with E-state index in [1.54, 1.807) is 0 Å². The summed E-state index contributed by atoms with van der Waals surface area (Å²) < 4.78 is 0. The van der Waals surface area contributed by atoms with Gasteiger partial charge in [-0.05, 0) is 18.8 Å². The maximum absolute atomic E-state index is 11.3. The normalized spacial score (nSPS) is 27.0. The van der Waals surface area contributed by atoms with Gasteiger partial charge in [-0.1, -0.05) is 13.8 Å². The summed E-state index contributed by atoms with van der Waals surface area (Å²) in [5.74, 6) is 0.757. The lowest BCUT2D eigenvalue weighted by Crippen LogP contribution is -2.46. The Hall–Kier alpha value is -0.860. The molecule has 1 saturated carbocycles. The molecule has 0 bridgehead atoms. The van der Waals surface area contributed by atoms with Crippen LogP contribution in [0.1, 0.15) is 46.5 Å². The lowest BCUT2D eigenvalue weighted by molar-refractivity contribution is -0.121. The van der Waals surface area contributed by atoms with Gasteiger partial charge >= 0.3 is 0 Å². The zero-order chi connectivity index (χ0) is 10.8. The lowest BCUT2D eigenvalue weighted by atomic mass is 9.87. The maximum Gasteiger partial charge on any atom is 0.217 e. The lowest BCUT2D eigenvalue weighted by Gasteiger charge is -2.30. The van der Waals surface area contributed by atoms with Gasteiger partial charge in [-0.15, -0.1) is 0 Å². The topological polar surface area (TPSA) is 46.2 Å². The first-order chi connectivity index (χ1) is 6.43. The molecule has 0 aromatic carbocycles. The number of carbonyl (C=O) groups excluding carboxylic acids is 2. The van der Waals surface area contributed by atoms with Crippen LogP contribution in [0.4, 0.5) is 0 Å². The third-order valence-corrected chi connectivity index (χ3v) is 2.66. The summed E-state index contributed by atoms with van der Waals surface area (Å²) >= 11 is 0. The second-order valence-electron chi connectivity index (χ2n) is 4.77. The molecule has 0 aliphatic heterocycles. The van der Waals surface area contributed by atoms with Gasteiger partial charge in [0.25, 0.3) is 0 Å². The number of amides is 1. The van der Waals surface area contributed by atoms with Crippen LogP contribution in [0.15, 0.2) is 0 Å². The van der Waals surface area contributed by atoms with Gasteiger partial charge in [-0.3, -0.25) is 9.59 Å². The van der Waals surface area contributed by atoms with Crippen molar-refractivity contribution in [1.82, 2.24) is 5.32 Å². The van der Waals surface area contributed by atoms with Gasteiger partial charge in [0, 0.05) is 25.3 Å². The van der Waals surface area contributed by atoms with Crippen LogP contribution in [-0.4, -0.2) is 17.2 Å². The molecule has 1 aliphatic rings. The van der Waals surface area contributed by atoms with E-state index in [2.05, 4.69) is 19.2 Å². The molecule has 80 valence electrons. The Balaban J connectivity index is 2.69. The van der Waals surface area contributed by atoms with E-state index in [1.807, 2.05) is 0 Å². The van der Waals surface area contributed by atoms with E-state index in [4.69, 9.17) is 0 Å². The highest BCUT2D eigenvalue weighted by Gasteiger charge is 2.39. The average molecular weight is 197 g/mol. The summed E-state index contributed by atoms with van der Waals surface area (Å²) in [5, 5.41) is 2.96. The van der Waals surface area contributed by atoms with Crippen LogP contribution in [0.5, 0.6) is 0 Å². The molecule has 1 unspecified atom stereocenters. The Morgan fingerprint density at radius 2 is 2.21 bits per heavy atom. The van der Waals surface area contributed by atoms with Crippen molar-refractivity contribution in [3.8, 4) is 0 Å². The fourth-order valence-electron chi connectivity index (χ4n) is 2.42. The minimum Gasteiger partial charge on any atom is -0.350 e. The van der Waals surface area contributed by atoms with Gasteiger partial charge in [-0.2, -0.15) is 0 Å². The Morgan fingerprint density at radius 3 is 2.57 bits per heavy atom. The largest absolute Gasteiger partial charge is 0.350 e. The number of hydrogen-bond acceptors (Lipinski definition) is 2. The molecular formula is C11H19NO2. The first-order valence-electron chi connectivity index (χ1n) is 5.24. The van der Waals surface area contributed by atoms with Crippen molar-refractivity contribution in [2.24, 2.45) is 5.92 Å². The summed E-state index contributed by atoms with van der Waals surface area (Å²) in [6.45, 7) is 5.75. The molecular weight excluding hydrogens is 178 g/mol. The molecule has 1 atom stereocenters. The van der Waals surface area contributed by atoms with Crippen LogP contribution in [0.25, 0.3) is 0 Å². The van der Waals surface area contributed by atoms with Crippen LogP contribution in [0.3, 0.4) is 0 Å². The van der Waals surface area contributed by atoms with E-state index < -0.39 is 0 Å². The maximum atomic E-state index is 11.3. The summed E-state index contributed by atoms with van der Waals surface area (Å²) in [4.78, 5) is 22.3. The Labute approximate surface area is 85.3 Å². The van der Waals surface area contributed by atoms with E-state index >= 15 is 0 Å². The minimum atomic E-state index is -0.239. The summed E-state index contributed by atoms with van der Waals surface area (Å²) in [6, 6.07) is 0. The predicted molar refractivity (Wildman–Crippen MR) is 54.9 cm³/mol. The Morgan fingerprint density at radius 1 is 1.57 bits per heavy atom. The molecule has 0 radical (unpaired) electrons. The highest BCUT2D eigenvalue weighted by Crippen LogP contribution is 2.32. The second-order valence-corrected chi connectivity index (χ2v) is 4.77. The van der Waals surface area contributed by atoms with Crippen LogP contribution in [-0.2, 0) is 9.59 Å². The number of carbonyl (C=O) groups is 2. The highest BCUT2D eigenvalue weighted by atomic mass is 16.1. The van der Waals surface area contributed by atoms with Crippen LogP contribution in [0.2, 0.25) is 0 Å². The zero-order valence-corrected chi connectivity index (χ0v) is 9.22. The molecule has 0 heterocycles. The Kier molecular flexibility index (Phi) is 3.29. The van der Waals surface area contributed by atoms with E-state index in [0.29, 0.717) is 18.8 Å². The standard InChI is InChI=1S/C11H19NO2/c1-8(2)6-11(12-9(3)13)5-4-10(14)7-11/h8H,4-7H2,1-3H3,(H,12,13). The van der Waals surface area contributed by atoms with E-state index in [1.165, 1.54) is 6.92 Å². The van der Waals surface area contributed by atoms with E-state index in [9.17, 15) is 9.59 Å². The van der Waals surface area contributed by atoms with Gasteiger partial charge in [0.05, 0.1) is 0 Å². The van der Waals surface area contributed by atoms with Gasteiger partial charge in [0.2, 0.25) is 5.91 Å². The van der Waals surface area contributed by atoms with Crippen LogP contribution in [0, 0.1) is 5.92 Å². The fourth-order valence-corrected chi connectivity index (χ4v) is 2.42. The van der Waals surface area contributed by atoms with Crippen molar-refractivity contribution in [3.63, 3.8) is 0 Å². The number of hydrogen-bond donors (Lipinski definition) is 1. The van der Waals surface area contributed by atoms with Crippen molar-refractivity contribution < 1.29 is 9.59 Å². The monoisotopic (exact) mass is 197 g/mol. The van der Waals surface area contributed by atoms with Crippen LogP contribution < -0.4 is 5.32 Å². The van der Waals surface area contributed by atoms with Crippen molar-refractivity contribution in [2.75, 3.05) is 0 Å². The first kappa shape index (κ1) is 11.2. The summed E-state index contributed by atoms with van der Waals surface area (Å²) in [7, 11) is 0. The highest BCUT2D eigenvalue weighted by molar-refractivity contribution is 5.84. The molecule has 14 heavy (non-hydrogen) atoms. The average Bonchev–Trinajstić information content (AvgIpc) is 2.28. The van der Waals surface area contributed by atoms with Gasteiger partial charge in [0.1, 0.15) is 5.78 Å². The predicted octanol–water partition coefficient (Wildman–Crippen LogP) is 1.66. The molecule has 0 aromatic heterocycles. The zero-order valence-electron chi connectivity index (χ0n) is 9.22. The van der Waals surface area contributed by atoms with E-state index in [0.717, 1.165) is 12.8 Å². The molecule has 3 nitrogen and oxygen atoms in total. The third kappa shape index (κ3) is 2.82. The summed E-state index contributed by atoms with van der Waals surface area (Å²) in [6.07, 6.45) is 2.85. The third-order valence-electron chi connectivity index (χ3n) is 2.66. The molecule has 1 N–H and O–H groups in total. The molecule has 0 spiro atoms. The smallest absolute Gasteiger partial charge is 0.217 e. The van der Waals surface area contributed by atoms with E-state index in [-0.39, 0.29) is 17.2 Å². The quantitative estimate of drug-likeness (QED) is 0.748. The van der Waals surface area contributed by atoms with Crippen molar-refractivity contribution >= 4 is 11.7 Å². The SMILES string of the molecule is CC(=O)NC1(CC(C)C)CCC(=O)C1.